The maximum Gasteiger partial charge on any atom is 0.304 e. The predicted octanol–water partition coefficient (Wildman–Crippen LogP) is 2.30. The van der Waals surface area contributed by atoms with Crippen molar-refractivity contribution >= 4 is 28.9 Å². The van der Waals surface area contributed by atoms with Crippen LogP contribution in [-0.4, -0.2) is 16.1 Å². The van der Waals surface area contributed by atoms with Crippen LogP contribution in [0.1, 0.15) is 24.1 Å². The van der Waals surface area contributed by atoms with Gasteiger partial charge in [0, 0.05) is 16.5 Å². The van der Waals surface area contributed by atoms with Gasteiger partial charge in [0.25, 0.3) is 0 Å². The minimum Gasteiger partial charge on any atom is -0.481 e. The lowest BCUT2D eigenvalue weighted by atomic mass is 10.0. The number of halogens is 1. The Hall–Kier alpha value is -0.610. The number of aliphatic carboxylic acids is 1. The standard InChI is InChI=1S/C8H8ClNO2S/c9-7-10-4-5(13-7)8(1-2-8)3-6(11)12/h4H,1-3H2,(H,11,12). The van der Waals surface area contributed by atoms with Crippen molar-refractivity contribution in [2.45, 2.75) is 24.7 Å². The van der Waals surface area contributed by atoms with Crippen LogP contribution >= 0.6 is 22.9 Å². The van der Waals surface area contributed by atoms with Gasteiger partial charge in [-0.3, -0.25) is 4.79 Å². The molecule has 13 heavy (non-hydrogen) atoms. The molecule has 70 valence electrons. The number of hydrogen-bond donors (Lipinski definition) is 1. The van der Waals surface area contributed by atoms with Crippen LogP contribution in [0.25, 0.3) is 0 Å². The van der Waals surface area contributed by atoms with Crippen LogP contribution in [0.2, 0.25) is 4.47 Å². The molecule has 0 unspecified atom stereocenters. The fraction of sp³-hybridized carbons (Fsp3) is 0.500. The molecule has 1 heterocycles. The van der Waals surface area contributed by atoms with Gasteiger partial charge >= 0.3 is 5.97 Å². The molecular formula is C8H8ClNO2S. The normalized spacial score (nSPS) is 18.5. The first kappa shape index (κ1) is 8.97. The Morgan fingerprint density at radius 3 is 2.85 bits per heavy atom. The number of rotatable bonds is 3. The van der Waals surface area contributed by atoms with Crippen LogP contribution in [0, 0.1) is 0 Å². The average molecular weight is 218 g/mol. The number of aromatic nitrogens is 1. The second-order valence-corrected chi connectivity index (χ2v) is 4.94. The molecule has 1 saturated carbocycles. The lowest BCUT2D eigenvalue weighted by Crippen LogP contribution is -2.11. The van der Waals surface area contributed by atoms with E-state index < -0.39 is 5.97 Å². The zero-order chi connectivity index (χ0) is 9.47. The van der Waals surface area contributed by atoms with Crippen molar-refractivity contribution in [3.63, 3.8) is 0 Å². The molecule has 0 spiro atoms. The smallest absolute Gasteiger partial charge is 0.304 e. The minimum atomic E-state index is -0.748. The lowest BCUT2D eigenvalue weighted by molar-refractivity contribution is -0.137. The van der Waals surface area contributed by atoms with E-state index in [4.69, 9.17) is 16.7 Å². The molecule has 0 radical (unpaired) electrons. The van der Waals surface area contributed by atoms with Crippen molar-refractivity contribution in [3.05, 3.63) is 15.5 Å². The molecule has 3 nitrogen and oxygen atoms in total. The highest BCUT2D eigenvalue weighted by Crippen LogP contribution is 2.53. The Morgan fingerprint density at radius 1 is 1.77 bits per heavy atom. The van der Waals surface area contributed by atoms with Gasteiger partial charge in [-0.2, -0.15) is 0 Å². The second-order valence-electron chi connectivity index (χ2n) is 3.33. The Balaban J connectivity index is 2.20. The second kappa shape index (κ2) is 2.96. The minimum absolute atomic E-state index is 0.142. The van der Waals surface area contributed by atoms with Gasteiger partial charge in [-0.1, -0.05) is 11.6 Å². The number of carboxylic acid groups (broad SMARTS) is 1. The molecule has 1 N–H and O–H groups in total. The van der Waals surface area contributed by atoms with Crippen LogP contribution in [0.15, 0.2) is 6.20 Å². The molecule has 2 rings (SSSR count). The summed E-state index contributed by atoms with van der Waals surface area (Å²) in [4.78, 5) is 15.5. The van der Waals surface area contributed by atoms with Crippen LogP contribution in [-0.2, 0) is 10.2 Å². The molecule has 1 fully saturated rings. The van der Waals surface area contributed by atoms with E-state index in [-0.39, 0.29) is 11.8 Å². The van der Waals surface area contributed by atoms with Crippen LogP contribution < -0.4 is 0 Å². The van der Waals surface area contributed by atoms with Crippen molar-refractivity contribution < 1.29 is 9.90 Å². The van der Waals surface area contributed by atoms with Crippen LogP contribution in [0.3, 0.4) is 0 Å². The summed E-state index contributed by atoms with van der Waals surface area (Å²) in [7, 11) is 0. The number of carbonyl (C=O) groups is 1. The Morgan fingerprint density at radius 2 is 2.46 bits per heavy atom. The summed E-state index contributed by atoms with van der Waals surface area (Å²) in [6.07, 6.45) is 3.78. The summed E-state index contributed by atoms with van der Waals surface area (Å²) in [6, 6.07) is 0. The van der Waals surface area contributed by atoms with Crippen molar-refractivity contribution in [2.24, 2.45) is 0 Å². The quantitative estimate of drug-likeness (QED) is 0.845. The number of nitrogens with zero attached hydrogens (tertiary/aromatic N) is 1. The van der Waals surface area contributed by atoms with Gasteiger partial charge in [0.05, 0.1) is 6.42 Å². The third-order valence-corrected chi connectivity index (χ3v) is 3.70. The molecule has 0 aromatic carbocycles. The van der Waals surface area contributed by atoms with E-state index in [0.29, 0.717) is 4.47 Å². The maximum atomic E-state index is 10.6. The topological polar surface area (TPSA) is 50.2 Å². The van der Waals surface area contributed by atoms with Gasteiger partial charge in [0.2, 0.25) is 0 Å². The van der Waals surface area contributed by atoms with E-state index in [0.717, 1.165) is 17.7 Å². The molecule has 1 aliphatic carbocycles. The molecule has 0 amide bonds. The summed E-state index contributed by atoms with van der Waals surface area (Å²) in [6.45, 7) is 0. The van der Waals surface area contributed by atoms with E-state index >= 15 is 0 Å². The maximum absolute atomic E-state index is 10.6. The van der Waals surface area contributed by atoms with Gasteiger partial charge in [0.1, 0.15) is 0 Å². The van der Waals surface area contributed by atoms with E-state index in [1.165, 1.54) is 11.3 Å². The summed E-state index contributed by atoms with van der Waals surface area (Å²) in [5.74, 6) is -0.748. The highest BCUT2D eigenvalue weighted by atomic mass is 35.5. The molecule has 5 heteroatoms. The van der Waals surface area contributed by atoms with Gasteiger partial charge in [-0.05, 0) is 12.8 Å². The highest BCUT2D eigenvalue weighted by molar-refractivity contribution is 7.15. The molecule has 1 aliphatic rings. The SMILES string of the molecule is O=C(O)CC1(c2cnc(Cl)s2)CC1. The first-order valence-corrected chi connectivity index (χ1v) is 5.15. The Bertz CT molecular complexity index is 346. The zero-order valence-corrected chi connectivity index (χ0v) is 8.36. The largest absolute Gasteiger partial charge is 0.481 e. The number of carboxylic acids is 1. The zero-order valence-electron chi connectivity index (χ0n) is 6.79. The van der Waals surface area contributed by atoms with E-state index in [1.807, 2.05) is 0 Å². The fourth-order valence-electron chi connectivity index (χ4n) is 1.45. The lowest BCUT2D eigenvalue weighted by Gasteiger charge is -2.07. The van der Waals surface area contributed by atoms with E-state index in [1.54, 1.807) is 6.20 Å². The molecule has 0 atom stereocenters. The summed E-state index contributed by atoms with van der Waals surface area (Å²) in [5.41, 5.74) is -0.142. The van der Waals surface area contributed by atoms with Crippen molar-refractivity contribution in [2.75, 3.05) is 0 Å². The molecule has 0 aliphatic heterocycles. The van der Waals surface area contributed by atoms with Gasteiger partial charge in [-0.15, -0.1) is 11.3 Å². The fourth-order valence-corrected chi connectivity index (χ4v) is 2.63. The van der Waals surface area contributed by atoms with Gasteiger partial charge in [-0.25, -0.2) is 4.98 Å². The first-order valence-electron chi connectivity index (χ1n) is 3.96. The van der Waals surface area contributed by atoms with Gasteiger partial charge in [0.15, 0.2) is 4.47 Å². The van der Waals surface area contributed by atoms with E-state index in [9.17, 15) is 4.79 Å². The summed E-state index contributed by atoms with van der Waals surface area (Å²) >= 11 is 7.08. The Labute approximate surface area is 84.4 Å². The van der Waals surface area contributed by atoms with Crippen molar-refractivity contribution in [3.8, 4) is 0 Å². The van der Waals surface area contributed by atoms with E-state index in [2.05, 4.69) is 4.98 Å². The monoisotopic (exact) mass is 217 g/mol. The predicted molar refractivity (Wildman–Crippen MR) is 50.3 cm³/mol. The molecule has 0 saturated heterocycles. The summed E-state index contributed by atoms with van der Waals surface area (Å²) < 4.78 is 0.492. The third kappa shape index (κ3) is 1.69. The number of thiazole rings is 1. The summed E-state index contributed by atoms with van der Waals surface area (Å²) in [5, 5.41) is 8.71. The average Bonchev–Trinajstić information content (AvgIpc) is 2.65. The molecule has 1 aromatic rings. The van der Waals surface area contributed by atoms with Crippen LogP contribution in [0.5, 0.6) is 0 Å². The molecular weight excluding hydrogens is 210 g/mol. The van der Waals surface area contributed by atoms with Gasteiger partial charge < -0.3 is 5.11 Å². The van der Waals surface area contributed by atoms with Crippen LogP contribution in [0.4, 0.5) is 0 Å². The third-order valence-electron chi connectivity index (χ3n) is 2.34. The highest BCUT2D eigenvalue weighted by Gasteiger charge is 2.47. The van der Waals surface area contributed by atoms with Crippen molar-refractivity contribution in [1.29, 1.82) is 0 Å². The molecule has 1 aromatic heterocycles. The van der Waals surface area contributed by atoms with Crippen molar-refractivity contribution in [1.82, 2.24) is 4.98 Å². The number of hydrogen-bond acceptors (Lipinski definition) is 3. The first-order chi connectivity index (χ1) is 6.12. The molecule has 0 bridgehead atoms. The Kier molecular flexibility index (Phi) is 2.04.